The molecule has 0 unspecified atom stereocenters. The number of anilines is 1. The molecule has 0 amide bonds. The quantitative estimate of drug-likeness (QED) is 0.905. The average molecular weight is 252 g/mol. The standard InChI is InChI=1S/C12H13FN2OS/c1-3-14-12-15-10(7-17-12)9-6-8(13)4-5-11(9)16-2/h4-7H,3H2,1-2H3,(H,14,15). The van der Waals surface area contributed by atoms with Crippen LogP contribution in [0.3, 0.4) is 0 Å². The van der Waals surface area contributed by atoms with Gasteiger partial charge in [-0.3, -0.25) is 0 Å². The molecule has 0 radical (unpaired) electrons. The van der Waals surface area contributed by atoms with Gasteiger partial charge in [-0.25, -0.2) is 9.37 Å². The first-order valence-electron chi connectivity index (χ1n) is 5.28. The molecule has 0 bridgehead atoms. The Morgan fingerprint density at radius 1 is 1.47 bits per heavy atom. The minimum atomic E-state index is -0.293. The Kier molecular flexibility index (Phi) is 3.58. The summed E-state index contributed by atoms with van der Waals surface area (Å²) in [6, 6.07) is 4.42. The van der Waals surface area contributed by atoms with Crippen LogP contribution in [0.5, 0.6) is 5.75 Å². The molecule has 0 spiro atoms. The van der Waals surface area contributed by atoms with E-state index in [1.807, 2.05) is 12.3 Å². The van der Waals surface area contributed by atoms with Crippen molar-refractivity contribution in [3.63, 3.8) is 0 Å². The van der Waals surface area contributed by atoms with E-state index in [2.05, 4.69) is 10.3 Å². The molecule has 3 nitrogen and oxygen atoms in total. The van der Waals surface area contributed by atoms with Crippen molar-refractivity contribution in [3.8, 4) is 17.0 Å². The minimum Gasteiger partial charge on any atom is -0.496 e. The molecule has 0 saturated carbocycles. The van der Waals surface area contributed by atoms with E-state index in [0.29, 0.717) is 11.3 Å². The van der Waals surface area contributed by atoms with Gasteiger partial charge in [0.15, 0.2) is 5.13 Å². The van der Waals surface area contributed by atoms with Gasteiger partial charge in [0, 0.05) is 17.5 Å². The molecule has 1 aromatic carbocycles. The van der Waals surface area contributed by atoms with Gasteiger partial charge in [-0.05, 0) is 25.1 Å². The van der Waals surface area contributed by atoms with Gasteiger partial charge in [-0.1, -0.05) is 0 Å². The Balaban J connectivity index is 2.40. The van der Waals surface area contributed by atoms with Crippen LogP contribution in [-0.4, -0.2) is 18.6 Å². The van der Waals surface area contributed by atoms with Crippen molar-refractivity contribution in [3.05, 3.63) is 29.4 Å². The lowest BCUT2D eigenvalue weighted by atomic mass is 10.1. The van der Waals surface area contributed by atoms with Crippen LogP contribution in [0, 0.1) is 5.82 Å². The van der Waals surface area contributed by atoms with E-state index in [0.717, 1.165) is 17.4 Å². The highest BCUT2D eigenvalue weighted by Crippen LogP contribution is 2.32. The molecule has 0 aliphatic rings. The number of ether oxygens (including phenoxy) is 1. The maximum atomic E-state index is 13.2. The first-order chi connectivity index (χ1) is 8.24. The fraction of sp³-hybridized carbons (Fsp3) is 0.250. The van der Waals surface area contributed by atoms with Crippen LogP contribution < -0.4 is 10.1 Å². The summed E-state index contributed by atoms with van der Waals surface area (Å²) in [5.74, 6) is 0.332. The molecule has 2 aromatic rings. The molecule has 0 aliphatic heterocycles. The minimum absolute atomic E-state index is 0.293. The summed E-state index contributed by atoms with van der Waals surface area (Å²) >= 11 is 1.49. The highest BCUT2D eigenvalue weighted by molar-refractivity contribution is 7.14. The molecule has 5 heteroatoms. The van der Waals surface area contributed by atoms with Gasteiger partial charge in [-0.15, -0.1) is 11.3 Å². The van der Waals surface area contributed by atoms with Gasteiger partial charge in [0.05, 0.1) is 12.8 Å². The zero-order chi connectivity index (χ0) is 12.3. The number of hydrogen-bond donors (Lipinski definition) is 1. The Bertz CT molecular complexity index is 513. The number of hydrogen-bond acceptors (Lipinski definition) is 4. The second kappa shape index (κ2) is 5.14. The third-order valence-corrected chi connectivity index (χ3v) is 3.07. The van der Waals surface area contributed by atoms with E-state index in [-0.39, 0.29) is 5.82 Å². The topological polar surface area (TPSA) is 34.2 Å². The molecule has 0 aliphatic carbocycles. The summed E-state index contributed by atoms with van der Waals surface area (Å²) in [7, 11) is 1.56. The summed E-state index contributed by atoms with van der Waals surface area (Å²) in [6.07, 6.45) is 0. The molecule has 17 heavy (non-hydrogen) atoms. The van der Waals surface area contributed by atoms with E-state index in [1.54, 1.807) is 13.2 Å². The van der Waals surface area contributed by atoms with Gasteiger partial charge in [-0.2, -0.15) is 0 Å². The molecule has 1 N–H and O–H groups in total. The summed E-state index contributed by atoms with van der Waals surface area (Å²) < 4.78 is 18.4. The van der Waals surface area contributed by atoms with Crippen LogP contribution in [0.2, 0.25) is 0 Å². The number of halogens is 1. The Morgan fingerprint density at radius 3 is 3.00 bits per heavy atom. The molecule has 0 atom stereocenters. The van der Waals surface area contributed by atoms with Gasteiger partial charge in [0.25, 0.3) is 0 Å². The van der Waals surface area contributed by atoms with Crippen molar-refractivity contribution in [1.29, 1.82) is 0 Å². The highest BCUT2D eigenvalue weighted by Gasteiger charge is 2.10. The fourth-order valence-corrected chi connectivity index (χ4v) is 2.29. The molecular formula is C12H13FN2OS. The second-order valence-corrected chi connectivity index (χ2v) is 4.27. The first kappa shape index (κ1) is 11.9. The second-order valence-electron chi connectivity index (χ2n) is 3.41. The van der Waals surface area contributed by atoms with Crippen LogP contribution in [0.1, 0.15) is 6.92 Å². The molecule has 0 fully saturated rings. The third kappa shape index (κ3) is 2.55. The number of methoxy groups -OCH3 is 1. The van der Waals surface area contributed by atoms with Crippen LogP contribution in [0.15, 0.2) is 23.6 Å². The van der Waals surface area contributed by atoms with Gasteiger partial charge >= 0.3 is 0 Å². The average Bonchev–Trinajstić information content (AvgIpc) is 2.78. The summed E-state index contributed by atoms with van der Waals surface area (Å²) in [5.41, 5.74) is 1.40. The van der Waals surface area contributed by atoms with E-state index < -0.39 is 0 Å². The number of benzene rings is 1. The molecule has 1 heterocycles. The molecule has 90 valence electrons. The van der Waals surface area contributed by atoms with Gasteiger partial charge in [0.2, 0.25) is 0 Å². The maximum Gasteiger partial charge on any atom is 0.183 e. The highest BCUT2D eigenvalue weighted by atomic mass is 32.1. The van der Waals surface area contributed by atoms with Crippen molar-refractivity contribution in [2.75, 3.05) is 19.0 Å². The van der Waals surface area contributed by atoms with Crippen molar-refractivity contribution in [2.24, 2.45) is 0 Å². The third-order valence-electron chi connectivity index (χ3n) is 2.27. The fourth-order valence-electron chi connectivity index (χ4n) is 1.51. The summed E-state index contributed by atoms with van der Waals surface area (Å²) in [4.78, 5) is 4.38. The Morgan fingerprint density at radius 2 is 2.29 bits per heavy atom. The molecule has 1 aromatic heterocycles. The van der Waals surface area contributed by atoms with E-state index >= 15 is 0 Å². The van der Waals surface area contributed by atoms with Crippen molar-refractivity contribution in [2.45, 2.75) is 6.92 Å². The zero-order valence-electron chi connectivity index (χ0n) is 9.66. The van der Waals surface area contributed by atoms with Gasteiger partial charge in [0.1, 0.15) is 11.6 Å². The lowest BCUT2D eigenvalue weighted by molar-refractivity contribution is 0.415. The maximum absolute atomic E-state index is 13.2. The largest absolute Gasteiger partial charge is 0.496 e. The summed E-state index contributed by atoms with van der Waals surface area (Å²) in [6.45, 7) is 2.82. The monoisotopic (exact) mass is 252 g/mol. The number of nitrogens with one attached hydrogen (secondary N) is 1. The number of thiazole rings is 1. The van der Waals surface area contributed by atoms with Crippen molar-refractivity contribution >= 4 is 16.5 Å². The Labute approximate surface area is 103 Å². The SMILES string of the molecule is CCNc1nc(-c2cc(F)ccc2OC)cs1. The zero-order valence-corrected chi connectivity index (χ0v) is 10.5. The van der Waals surface area contributed by atoms with E-state index in [9.17, 15) is 4.39 Å². The van der Waals surface area contributed by atoms with Crippen molar-refractivity contribution < 1.29 is 9.13 Å². The number of aromatic nitrogens is 1. The summed E-state index contributed by atoms with van der Waals surface area (Å²) in [5, 5.41) is 5.83. The lowest BCUT2D eigenvalue weighted by Gasteiger charge is -2.05. The molecule has 2 rings (SSSR count). The predicted molar refractivity (Wildman–Crippen MR) is 68.2 cm³/mol. The van der Waals surface area contributed by atoms with Gasteiger partial charge < -0.3 is 10.1 Å². The smallest absolute Gasteiger partial charge is 0.183 e. The predicted octanol–water partition coefficient (Wildman–Crippen LogP) is 3.39. The lowest BCUT2D eigenvalue weighted by Crippen LogP contribution is -1.95. The normalized spacial score (nSPS) is 10.3. The van der Waals surface area contributed by atoms with Crippen LogP contribution in [0.25, 0.3) is 11.3 Å². The van der Waals surface area contributed by atoms with Crippen molar-refractivity contribution in [1.82, 2.24) is 4.98 Å². The van der Waals surface area contributed by atoms with Crippen LogP contribution >= 0.6 is 11.3 Å². The number of rotatable bonds is 4. The van der Waals surface area contributed by atoms with Crippen LogP contribution in [-0.2, 0) is 0 Å². The molecular weight excluding hydrogens is 239 g/mol. The van der Waals surface area contributed by atoms with Crippen LogP contribution in [0.4, 0.5) is 9.52 Å². The first-order valence-corrected chi connectivity index (χ1v) is 6.16. The van der Waals surface area contributed by atoms with E-state index in [4.69, 9.17) is 4.74 Å². The van der Waals surface area contributed by atoms with E-state index in [1.165, 1.54) is 23.5 Å². The Hall–Kier alpha value is -1.62. The molecule has 0 saturated heterocycles. The number of nitrogens with zero attached hydrogens (tertiary/aromatic N) is 1.